The molecule has 34 heavy (non-hydrogen) atoms. The van der Waals surface area contributed by atoms with Gasteiger partial charge in [-0.2, -0.15) is 0 Å². The highest BCUT2D eigenvalue weighted by Gasteiger charge is 2.27. The first-order valence-electron chi connectivity index (χ1n) is 10.8. The molecule has 0 bridgehead atoms. The van der Waals surface area contributed by atoms with Crippen LogP contribution in [0, 0.1) is 6.92 Å². The molecule has 0 aliphatic heterocycles. The van der Waals surface area contributed by atoms with Gasteiger partial charge in [0, 0.05) is 17.1 Å². The van der Waals surface area contributed by atoms with Crippen molar-refractivity contribution in [3.05, 3.63) is 78.4 Å². The molecule has 0 aliphatic carbocycles. The molecular weight excluding hydrogens is 470 g/mol. The molecule has 178 valence electrons. The van der Waals surface area contributed by atoms with Crippen LogP contribution in [0.4, 0.5) is 21.9 Å². The molecule has 0 saturated heterocycles. The van der Waals surface area contributed by atoms with Crippen molar-refractivity contribution in [2.75, 3.05) is 26.8 Å². The number of sulfonamides is 1. The maximum absolute atomic E-state index is 13.6. The fraction of sp³-hybridized carbons (Fsp3) is 0.200. The number of carbonyl (C=O) groups is 2. The number of anilines is 3. The van der Waals surface area contributed by atoms with E-state index in [0.29, 0.717) is 17.8 Å². The van der Waals surface area contributed by atoms with Crippen molar-refractivity contribution in [3.8, 4) is 0 Å². The number of hydrogen-bond donors (Lipinski definition) is 1. The lowest BCUT2D eigenvalue weighted by molar-refractivity contribution is -0.106. The Kier molecular flexibility index (Phi) is 8.36. The number of imide groups is 1. The summed E-state index contributed by atoms with van der Waals surface area (Å²) >= 11 is 1.56. The summed E-state index contributed by atoms with van der Waals surface area (Å²) in [5, 5.41) is 2.69. The summed E-state index contributed by atoms with van der Waals surface area (Å²) in [6, 6.07) is 19.6. The summed E-state index contributed by atoms with van der Waals surface area (Å²) in [6.07, 6.45) is 0.365. The quantitative estimate of drug-likeness (QED) is 0.311. The first-order chi connectivity index (χ1) is 16.3. The predicted molar refractivity (Wildman–Crippen MR) is 138 cm³/mol. The molecule has 0 unspecified atom stereocenters. The number of para-hydroxylation sites is 2. The number of nitrogens with zero attached hydrogens (tertiary/aromatic N) is 2. The van der Waals surface area contributed by atoms with E-state index >= 15 is 0 Å². The highest BCUT2D eigenvalue weighted by Crippen LogP contribution is 2.34. The fourth-order valence-electron chi connectivity index (χ4n) is 3.45. The van der Waals surface area contributed by atoms with E-state index in [1.807, 2.05) is 38.1 Å². The molecule has 7 nitrogen and oxygen atoms in total. The first kappa shape index (κ1) is 25.3. The first-order valence-corrected chi connectivity index (χ1v) is 13.2. The van der Waals surface area contributed by atoms with Crippen molar-refractivity contribution in [2.24, 2.45) is 0 Å². The Balaban J connectivity index is 1.96. The molecule has 0 heterocycles. The average Bonchev–Trinajstić information content (AvgIpc) is 2.83. The highest BCUT2D eigenvalue weighted by atomic mass is 32.2. The summed E-state index contributed by atoms with van der Waals surface area (Å²) in [7, 11) is -3.95. The Morgan fingerprint density at radius 3 is 2.38 bits per heavy atom. The molecule has 0 spiro atoms. The number of nitrogens with one attached hydrogen (secondary N) is 1. The monoisotopic (exact) mass is 497 g/mol. The van der Waals surface area contributed by atoms with Crippen molar-refractivity contribution < 1.29 is 18.0 Å². The molecule has 1 N–H and O–H groups in total. The number of hydrogen-bond acceptors (Lipinski definition) is 5. The smallest absolute Gasteiger partial charge is 0.307 e. The molecule has 0 radical (unpaired) electrons. The van der Waals surface area contributed by atoms with Crippen LogP contribution in [-0.4, -0.2) is 33.2 Å². The van der Waals surface area contributed by atoms with Gasteiger partial charge in [0.25, 0.3) is 10.0 Å². The summed E-state index contributed by atoms with van der Waals surface area (Å²) < 4.78 is 28.5. The van der Waals surface area contributed by atoms with Crippen LogP contribution in [0.2, 0.25) is 0 Å². The largest absolute Gasteiger partial charge is 0.332 e. The minimum Gasteiger partial charge on any atom is -0.307 e. The van der Waals surface area contributed by atoms with Gasteiger partial charge >= 0.3 is 6.03 Å². The van der Waals surface area contributed by atoms with Gasteiger partial charge in [0.15, 0.2) is 0 Å². The second kappa shape index (κ2) is 11.2. The third-order valence-corrected chi connectivity index (χ3v) is 7.95. The molecule has 9 heteroatoms. The Bertz CT molecular complexity index is 1280. The maximum atomic E-state index is 13.6. The molecule has 3 aromatic rings. The van der Waals surface area contributed by atoms with Gasteiger partial charge in [0.05, 0.1) is 16.3 Å². The van der Waals surface area contributed by atoms with E-state index in [-0.39, 0.29) is 17.1 Å². The van der Waals surface area contributed by atoms with E-state index in [9.17, 15) is 18.0 Å². The second-order valence-electron chi connectivity index (χ2n) is 7.29. The SMILES string of the molecule is CCSc1ccccc1N(CC)S(=O)(=O)c1cccc(N(C=O)C(=O)Nc2ccccc2C)c1. The van der Waals surface area contributed by atoms with Crippen LogP contribution < -0.4 is 14.5 Å². The van der Waals surface area contributed by atoms with E-state index in [2.05, 4.69) is 5.32 Å². The van der Waals surface area contributed by atoms with Gasteiger partial charge < -0.3 is 5.32 Å². The number of urea groups is 1. The number of thioether (sulfide) groups is 1. The number of rotatable bonds is 9. The van der Waals surface area contributed by atoms with Crippen molar-refractivity contribution in [1.82, 2.24) is 0 Å². The summed E-state index contributed by atoms with van der Waals surface area (Å²) in [5.74, 6) is 0.800. The maximum Gasteiger partial charge on any atom is 0.332 e. The Hall–Kier alpha value is -3.30. The third kappa shape index (κ3) is 5.43. The number of benzene rings is 3. The number of amides is 3. The average molecular weight is 498 g/mol. The van der Waals surface area contributed by atoms with Gasteiger partial charge in [0.2, 0.25) is 6.41 Å². The molecule has 3 aromatic carbocycles. The zero-order valence-electron chi connectivity index (χ0n) is 19.3. The van der Waals surface area contributed by atoms with E-state index in [0.717, 1.165) is 21.1 Å². The summed E-state index contributed by atoms with van der Waals surface area (Å²) in [4.78, 5) is 26.3. The predicted octanol–water partition coefficient (Wildman–Crippen LogP) is 5.52. The van der Waals surface area contributed by atoms with Crippen molar-refractivity contribution in [2.45, 2.75) is 30.6 Å². The van der Waals surface area contributed by atoms with E-state index in [1.165, 1.54) is 28.6 Å². The second-order valence-corrected chi connectivity index (χ2v) is 10.5. The molecular formula is C25H27N3O4S2. The standard InChI is InChI=1S/C25H27N3O4S2/c1-4-28(23-15-8-9-16-24(23)33-5-2)34(31,32)21-13-10-12-20(17-21)27(18-29)25(30)26-22-14-7-6-11-19(22)3/h6-18H,4-5H2,1-3H3,(H,26,30). The molecule has 3 amide bonds. The van der Waals surface area contributed by atoms with Crippen molar-refractivity contribution in [1.29, 1.82) is 0 Å². The van der Waals surface area contributed by atoms with Crippen LogP contribution in [0.3, 0.4) is 0 Å². The van der Waals surface area contributed by atoms with Crippen LogP contribution in [0.25, 0.3) is 0 Å². The topological polar surface area (TPSA) is 86.8 Å². The van der Waals surface area contributed by atoms with Crippen molar-refractivity contribution >= 4 is 51.3 Å². The molecule has 3 rings (SSSR count). The number of aryl methyl sites for hydroxylation is 1. The summed E-state index contributed by atoms with van der Waals surface area (Å²) in [5.41, 5.74) is 2.13. The lowest BCUT2D eigenvalue weighted by Gasteiger charge is -2.25. The minimum absolute atomic E-state index is 0.0151. The number of carbonyl (C=O) groups excluding carboxylic acids is 2. The normalized spacial score (nSPS) is 11.0. The molecule has 0 aromatic heterocycles. The van der Waals surface area contributed by atoms with Crippen LogP contribution in [0.5, 0.6) is 0 Å². The fourth-order valence-corrected chi connectivity index (χ4v) is 5.85. The minimum atomic E-state index is -3.95. The van der Waals surface area contributed by atoms with Gasteiger partial charge in [-0.05, 0) is 61.6 Å². The van der Waals surface area contributed by atoms with Gasteiger partial charge in [-0.15, -0.1) is 11.8 Å². The van der Waals surface area contributed by atoms with Crippen LogP contribution >= 0.6 is 11.8 Å². The lowest BCUT2D eigenvalue weighted by Crippen LogP contribution is -2.34. The lowest BCUT2D eigenvalue weighted by atomic mass is 10.2. The highest BCUT2D eigenvalue weighted by molar-refractivity contribution is 7.99. The van der Waals surface area contributed by atoms with Crippen LogP contribution in [0.15, 0.2) is 82.6 Å². The Labute approximate surface area is 204 Å². The molecule has 0 fully saturated rings. The van der Waals surface area contributed by atoms with Crippen LogP contribution in [0.1, 0.15) is 19.4 Å². The van der Waals surface area contributed by atoms with Crippen LogP contribution in [-0.2, 0) is 14.8 Å². The molecule has 0 saturated carbocycles. The van der Waals surface area contributed by atoms with Gasteiger partial charge in [-0.25, -0.2) is 18.1 Å². The molecule has 0 atom stereocenters. The van der Waals surface area contributed by atoms with E-state index in [4.69, 9.17) is 0 Å². The van der Waals surface area contributed by atoms with Crippen molar-refractivity contribution in [3.63, 3.8) is 0 Å². The van der Waals surface area contributed by atoms with Gasteiger partial charge in [-0.1, -0.05) is 43.3 Å². The van der Waals surface area contributed by atoms with E-state index in [1.54, 1.807) is 43.0 Å². The molecule has 0 aliphatic rings. The summed E-state index contributed by atoms with van der Waals surface area (Å²) in [6.45, 7) is 5.83. The zero-order chi connectivity index (χ0) is 24.7. The van der Waals surface area contributed by atoms with Gasteiger partial charge in [-0.3, -0.25) is 9.10 Å². The Morgan fingerprint density at radius 2 is 1.71 bits per heavy atom. The van der Waals surface area contributed by atoms with Gasteiger partial charge in [0.1, 0.15) is 0 Å². The van der Waals surface area contributed by atoms with E-state index < -0.39 is 16.1 Å². The zero-order valence-corrected chi connectivity index (χ0v) is 20.9. The third-order valence-electron chi connectivity index (χ3n) is 5.12. The Morgan fingerprint density at radius 1 is 1.00 bits per heavy atom.